The highest BCUT2D eigenvalue weighted by Gasteiger charge is 2.07. The molecule has 0 radical (unpaired) electrons. The van der Waals surface area contributed by atoms with Crippen molar-refractivity contribution in [2.45, 2.75) is 6.92 Å². The number of nitrogens with one attached hydrogen (secondary N) is 2. The Morgan fingerprint density at radius 2 is 1.79 bits per heavy atom. The maximum atomic E-state index is 11.9. The SMILES string of the molecule is CC(=O)Nc1nccc(NC(=O)c2ccccc2)n1. The third-order valence-electron chi connectivity index (χ3n) is 2.22. The third-order valence-corrected chi connectivity index (χ3v) is 2.22. The molecule has 0 aliphatic heterocycles. The summed E-state index contributed by atoms with van der Waals surface area (Å²) in [4.78, 5) is 30.6. The van der Waals surface area contributed by atoms with Crippen LogP contribution in [0.4, 0.5) is 11.8 Å². The quantitative estimate of drug-likeness (QED) is 0.875. The van der Waals surface area contributed by atoms with E-state index in [2.05, 4.69) is 20.6 Å². The molecule has 0 saturated heterocycles. The zero-order valence-electron chi connectivity index (χ0n) is 10.3. The van der Waals surface area contributed by atoms with Crippen LogP contribution in [0.1, 0.15) is 17.3 Å². The van der Waals surface area contributed by atoms with Gasteiger partial charge in [-0.3, -0.25) is 14.9 Å². The molecule has 1 aromatic heterocycles. The van der Waals surface area contributed by atoms with Crippen molar-refractivity contribution in [3.8, 4) is 0 Å². The van der Waals surface area contributed by atoms with Crippen LogP contribution in [-0.4, -0.2) is 21.8 Å². The van der Waals surface area contributed by atoms with Crippen molar-refractivity contribution in [3.05, 3.63) is 48.2 Å². The lowest BCUT2D eigenvalue weighted by Gasteiger charge is -2.05. The summed E-state index contributed by atoms with van der Waals surface area (Å²) in [7, 11) is 0. The van der Waals surface area contributed by atoms with Gasteiger partial charge in [-0.1, -0.05) is 18.2 Å². The van der Waals surface area contributed by atoms with Gasteiger partial charge in [-0.2, -0.15) is 4.98 Å². The average molecular weight is 256 g/mol. The first-order chi connectivity index (χ1) is 9.15. The molecule has 96 valence electrons. The Morgan fingerprint density at radius 1 is 1.05 bits per heavy atom. The van der Waals surface area contributed by atoms with Gasteiger partial charge in [0.1, 0.15) is 5.82 Å². The van der Waals surface area contributed by atoms with E-state index in [9.17, 15) is 9.59 Å². The molecule has 2 aromatic rings. The van der Waals surface area contributed by atoms with Gasteiger partial charge >= 0.3 is 0 Å². The molecule has 6 nitrogen and oxygen atoms in total. The molecule has 2 rings (SSSR count). The molecule has 0 saturated carbocycles. The van der Waals surface area contributed by atoms with Gasteiger partial charge < -0.3 is 5.32 Å². The molecule has 0 fully saturated rings. The third kappa shape index (κ3) is 3.60. The summed E-state index contributed by atoms with van der Waals surface area (Å²) < 4.78 is 0. The summed E-state index contributed by atoms with van der Waals surface area (Å²) in [6.07, 6.45) is 1.46. The van der Waals surface area contributed by atoms with Gasteiger partial charge in [0.15, 0.2) is 0 Å². The molecular weight excluding hydrogens is 244 g/mol. The zero-order valence-corrected chi connectivity index (χ0v) is 10.3. The van der Waals surface area contributed by atoms with Gasteiger partial charge in [-0.15, -0.1) is 0 Å². The Labute approximate surface area is 109 Å². The molecule has 6 heteroatoms. The van der Waals surface area contributed by atoms with E-state index >= 15 is 0 Å². The average Bonchev–Trinajstić information content (AvgIpc) is 2.39. The molecule has 0 atom stereocenters. The highest BCUT2D eigenvalue weighted by atomic mass is 16.2. The van der Waals surface area contributed by atoms with Gasteiger partial charge in [-0.05, 0) is 18.2 Å². The fraction of sp³-hybridized carbons (Fsp3) is 0.0769. The monoisotopic (exact) mass is 256 g/mol. The number of carbonyl (C=O) groups is 2. The Bertz CT molecular complexity index is 599. The summed E-state index contributed by atoms with van der Waals surface area (Å²) in [6.45, 7) is 1.36. The lowest BCUT2D eigenvalue weighted by Crippen LogP contribution is -2.15. The molecule has 0 spiro atoms. The fourth-order valence-electron chi connectivity index (χ4n) is 1.42. The van der Waals surface area contributed by atoms with Crippen LogP contribution in [0.5, 0.6) is 0 Å². The Kier molecular flexibility index (Phi) is 3.82. The number of hydrogen-bond donors (Lipinski definition) is 2. The van der Waals surface area contributed by atoms with Gasteiger partial charge in [0.2, 0.25) is 11.9 Å². The lowest BCUT2D eigenvalue weighted by molar-refractivity contribution is -0.114. The summed E-state index contributed by atoms with van der Waals surface area (Å²) in [5, 5.41) is 5.08. The second-order valence-electron chi connectivity index (χ2n) is 3.77. The fourth-order valence-corrected chi connectivity index (χ4v) is 1.42. The highest BCUT2D eigenvalue weighted by molar-refractivity contribution is 6.03. The number of carbonyl (C=O) groups excluding carboxylic acids is 2. The Balaban J connectivity index is 2.11. The second-order valence-corrected chi connectivity index (χ2v) is 3.77. The largest absolute Gasteiger partial charge is 0.306 e. The topological polar surface area (TPSA) is 84.0 Å². The van der Waals surface area contributed by atoms with Crippen LogP contribution < -0.4 is 10.6 Å². The second kappa shape index (κ2) is 5.72. The lowest BCUT2D eigenvalue weighted by atomic mass is 10.2. The van der Waals surface area contributed by atoms with Gasteiger partial charge in [0, 0.05) is 18.7 Å². The van der Waals surface area contributed by atoms with Crippen LogP contribution >= 0.6 is 0 Å². The highest BCUT2D eigenvalue weighted by Crippen LogP contribution is 2.08. The molecule has 1 heterocycles. The zero-order chi connectivity index (χ0) is 13.7. The van der Waals surface area contributed by atoms with Crippen LogP contribution in [0.25, 0.3) is 0 Å². The summed E-state index contributed by atoms with van der Waals surface area (Å²) >= 11 is 0. The van der Waals surface area contributed by atoms with Crippen molar-refractivity contribution in [2.24, 2.45) is 0 Å². The van der Waals surface area contributed by atoms with Crippen molar-refractivity contribution in [1.82, 2.24) is 9.97 Å². The molecule has 1 aromatic carbocycles. The number of hydrogen-bond acceptors (Lipinski definition) is 4. The number of nitrogens with zero attached hydrogens (tertiary/aromatic N) is 2. The minimum Gasteiger partial charge on any atom is -0.306 e. The van der Waals surface area contributed by atoms with Crippen LogP contribution in [0.15, 0.2) is 42.6 Å². The number of rotatable bonds is 3. The number of amides is 2. The molecule has 0 unspecified atom stereocenters. The molecule has 0 bridgehead atoms. The Morgan fingerprint density at radius 3 is 2.47 bits per heavy atom. The van der Waals surface area contributed by atoms with E-state index < -0.39 is 0 Å². The Hall–Kier alpha value is -2.76. The van der Waals surface area contributed by atoms with Crippen molar-refractivity contribution >= 4 is 23.6 Å². The maximum Gasteiger partial charge on any atom is 0.256 e. The predicted octanol–water partition coefficient (Wildman–Crippen LogP) is 1.69. The molecule has 2 amide bonds. The smallest absolute Gasteiger partial charge is 0.256 e. The first kappa shape index (κ1) is 12.7. The van der Waals surface area contributed by atoms with Gasteiger partial charge in [0.05, 0.1) is 0 Å². The van der Waals surface area contributed by atoms with Gasteiger partial charge in [-0.25, -0.2) is 4.98 Å². The van der Waals surface area contributed by atoms with Crippen LogP contribution in [0.2, 0.25) is 0 Å². The molecular formula is C13H12N4O2. The maximum absolute atomic E-state index is 11.9. The van der Waals surface area contributed by atoms with Crippen molar-refractivity contribution < 1.29 is 9.59 Å². The van der Waals surface area contributed by atoms with Crippen LogP contribution in [0.3, 0.4) is 0 Å². The summed E-state index contributed by atoms with van der Waals surface area (Å²) in [5.74, 6) is -0.0643. The summed E-state index contributed by atoms with van der Waals surface area (Å²) in [6, 6.07) is 10.3. The number of anilines is 2. The normalized spacial score (nSPS) is 9.74. The van der Waals surface area contributed by atoms with E-state index in [0.29, 0.717) is 11.4 Å². The number of aromatic nitrogens is 2. The molecule has 2 N–H and O–H groups in total. The molecule has 0 aliphatic rings. The van der Waals surface area contributed by atoms with Crippen LogP contribution in [-0.2, 0) is 4.79 Å². The van der Waals surface area contributed by atoms with E-state index in [0.717, 1.165) is 0 Å². The van der Waals surface area contributed by atoms with E-state index in [-0.39, 0.29) is 17.8 Å². The van der Waals surface area contributed by atoms with E-state index in [1.165, 1.54) is 13.1 Å². The minimum absolute atomic E-state index is 0.151. The standard InChI is InChI=1S/C13H12N4O2/c1-9(18)15-13-14-8-7-11(17-13)16-12(19)10-5-3-2-4-6-10/h2-8H,1H3,(H2,14,15,16,17,18,19). The van der Waals surface area contributed by atoms with E-state index in [1.54, 1.807) is 30.3 Å². The minimum atomic E-state index is -0.272. The van der Waals surface area contributed by atoms with Crippen molar-refractivity contribution in [1.29, 1.82) is 0 Å². The van der Waals surface area contributed by atoms with E-state index in [1.807, 2.05) is 6.07 Å². The molecule has 0 aliphatic carbocycles. The van der Waals surface area contributed by atoms with Gasteiger partial charge in [0.25, 0.3) is 5.91 Å². The summed E-state index contributed by atoms with van der Waals surface area (Å²) in [5.41, 5.74) is 0.530. The molecule has 19 heavy (non-hydrogen) atoms. The van der Waals surface area contributed by atoms with Crippen molar-refractivity contribution in [2.75, 3.05) is 10.6 Å². The first-order valence-electron chi connectivity index (χ1n) is 5.62. The van der Waals surface area contributed by atoms with Crippen molar-refractivity contribution in [3.63, 3.8) is 0 Å². The number of benzene rings is 1. The van der Waals surface area contributed by atoms with Crippen LogP contribution in [0, 0.1) is 0 Å². The van der Waals surface area contributed by atoms with E-state index in [4.69, 9.17) is 0 Å². The first-order valence-corrected chi connectivity index (χ1v) is 5.62. The predicted molar refractivity (Wildman–Crippen MR) is 70.7 cm³/mol.